The van der Waals surface area contributed by atoms with Gasteiger partial charge in [0, 0.05) is 6.04 Å². The molecule has 0 amide bonds. The van der Waals surface area contributed by atoms with Crippen molar-refractivity contribution in [2.75, 3.05) is 0 Å². The summed E-state index contributed by atoms with van der Waals surface area (Å²) in [5.41, 5.74) is 0. The molecule has 0 unspecified atom stereocenters. The van der Waals surface area contributed by atoms with Gasteiger partial charge in [0.25, 0.3) is 0 Å². The van der Waals surface area contributed by atoms with Gasteiger partial charge in [0.15, 0.2) is 16.4 Å². The predicted molar refractivity (Wildman–Crippen MR) is 60.0 cm³/mol. The highest BCUT2D eigenvalue weighted by atomic mass is 32.1. The van der Waals surface area contributed by atoms with Crippen LogP contribution in [0.25, 0.3) is 11.6 Å². The second-order valence-electron chi connectivity index (χ2n) is 3.85. The largest absolute Gasteiger partial charge is 0.433 e. The molecule has 1 saturated carbocycles. The summed E-state index contributed by atoms with van der Waals surface area (Å²) in [5.74, 6) is 0.581. The van der Waals surface area contributed by atoms with Crippen LogP contribution in [0.4, 0.5) is 5.88 Å². The average molecular weight is 252 g/mol. The van der Waals surface area contributed by atoms with Crippen molar-refractivity contribution in [2.24, 2.45) is 0 Å². The fourth-order valence-corrected chi connectivity index (χ4v) is 1.98. The van der Waals surface area contributed by atoms with E-state index in [0.29, 0.717) is 22.4 Å². The van der Waals surface area contributed by atoms with Gasteiger partial charge in [0.2, 0.25) is 0 Å². The second-order valence-corrected chi connectivity index (χ2v) is 4.24. The normalized spacial score (nSPS) is 15.1. The molecule has 1 aliphatic rings. The second kappa shape index (κ2) is 3.52. The molecular formula is C9H8N4O3S. The lowest BCUT2D eigenvalue weighted by atomic mass is 10.4. The Morgan fingerprint density at radius 3 is 2.94 bits per heavy atom. The molecule has 0 aliphatic heterocycles. The molecule has 1 aliphatic carbocycles. The minimum Gasteiger partial charge on any atom is -0.397 e. The van der Waals surface area contributed by atoms with Crippen LogP contribution in [0.3, 0.4) is 0 Å². The van der Waals surface area contributed by atoms with Crippen LogP contribution in [0.5, 0.6) is 0 Å². The standard InChI is InChI=1S/C9H8N4O3S/c14-13(15)7-4-3-6(16-7)8-10-11-9(17)12(8)5-1-2-5/h3-5H,1-2H2,(H,11,17). The van der Waals surface area contributed by atoms with Gasteiger partial charge >= 0.3 is 5.88 Å². The zero-order valence-electron chi connectivity index (χ0n) is 8.62. The molecule has 2 aromatic heterocycles. The number of hydrogen-bond acceptors (Lipinski definition) is 5. The quantitative estimate of drug-likeness (QED) is 0.514. The molecule has 0 aromatic carbocycles. The monoisotopic (exact) mass is 252 g/mol. The highest BCUT2D eigenvalue weighted by Gasteiger charge is 2.29. The van der Waals surface area contributed by atoms with E-state index in [1.165, 1.54) is 12.1 Å². The zero-order chi connectivity index (χ0) is 12.0. The van der Waals surface area contributed by atoms with Gasteiger partial charge in [-0.2, -0.15) is 5.10 Å². The zero-order valence-corrected chi connectivity index (χ0v) is 9.44. The molecule has 1 N–H and O–H groups in total. The molecule has 3 rings (SSSR count). The van der Waals surface area contributed by atoms with Crippen LogP contribution in [0.15, 0.2) is 16.5 Å². The number of aromatic amines is 1. The van der Waals surface area contributed by atoms with Crippen molar-refractivity contribution >= 4 is 18.1 Å². The van der Waals surface area contributed by atoms with E-state index < -0.39 is 4.92 Å². The number of hydrogen-bond donors (Lipinski definition) is 1. The first-order valence-corrected chi connectivity index (χ1v) is 5.49. The van der Waals surface area contributed by atoms with Crippen LogP contribution in [-0.4, -0.2) is 19.7 Å². The Hall–Kier alpha value is -1.96. The van der Waals surface area contributed by atoms with Crippen molar-refractivity contribution in [2.45, 2.75) is 18.9 Å². The lowest BCUT2D eigenvalue weighted by Crippen LogP contribution is -1.96. The molecular weight excluding hydrogens is 244 g/mol. The molecule has 0 atom stereocenters. The van der Waals surface area contributed by atoms with E-state index in [1.54, 1.807) is 0 Å². The fourth-order valence-electron chi connectivity index (χ4n) is 1.70. The van der Waals surface area contributed by atoms with E-state index in [-0.39, 0.29) is 5.88 Å². The Bertz CT molecular complexity index is 637. The lowest BCUT2D eigenvalue weighted by Gasteiger charge is -2.00. The predicted octanol–water partition coefficient (Wildman–Crippen LogP) is 2.44. The van der Waals surface area contributed by atoms with Crippen molar-refractivity contribution in [3.8, 4) is 11.6 Å². The third-order valence-electron chi connectivity index (χ3n) is 2.61. The third kappa shape index (κ3) is 1.66. The van der Waals surface area contributed by atoms with E-state index in [1.807, 2.05) is 4.57 Å². The Kier molecular flexibility index (Phi) is 2.11. The van der Waals surface area contributed by atoms with Gasteiger partial charge in [-0.15, -0.1) is 0 Å². The minimum atomic E-state index is -0.577. The van der Waals surface area contributed by atoms with Crippen molar-refractivity contribution in [1.82, 2.24) is 14.8 Å². The Labute approximate surface area is 100 Å². The summed E-state index contributed by atoms with van der Waals surface area (Å²) in [7, 11) is 0. The topological polar surface area (TPSA) is 89.9 Å². The molecule has 88 valence electrons. The van der Waals surface area contributed by atoms with Crippen LogP contribution >= 0.6 is 12.2 Å². The minimum absolute atomic E-state index is 0.295. The van der Waals surface area contributed by atoms with Crippen molar-refractivity contribution in [1.29, 1.82) is 0 Å². The van der Waals surface area contributed by atoms with E-state index in [4.69, 9.17) is 16.6 Å². The molecule has 0 spiro atoms. The first-order chi connectivity index (χ1) is 8.16. The number of nitrogens with one attached hydrogen (secondary N) is 1. The number of H-pyrrole nitrogens is 1. The smallest absolute Gasteiger partial charge is 0.397 e. The molecule has 17 heavy (non-hydrogen) atoms. The molecule has 2 aromatic rings. The maximum Gasteiger partial charge on any atom is 0.433 e. The fraction of sp³-hybridized carbons (Fsp3) is 0.333. The maximum atomic E-state index is 10.5. The molecule has 7 nitrogen and oxygen atoms in total. The average Bonchev–Trinajstić information content (AvgIpc) is 2.87. The van der Waals surface area contributed by atoms with Crippen LogP contribution in [0, 0.1) is 14.9 Å². The van der Waals surface area contributed by atoms with Gasteiger partial charge in [0.05, 0.1) is 6.07 Å². The Morgan fingerprint density at radius 1 is 1.59 bits per heavy atom. The molecule has 0 radical (unpaired) electrons. The molecule has 2 heterocycles. The van der Waals surface area contributed by atoms with Gasteiger partial charge in [-0.1, -0.05) is 0 Å². The van der Waals surface area contributed by atoms with Crippen molar-refractivity contribution < 1.29 is 9.34 Å². The summed E-state index contributed by atoms with van der Waals surface area (Å²) < 4.78 is 7.47. The third-order valence-corrected chi connectivity index (χ3v) is 2.90. The number of nitrogens with zero attached hydrogens (tertiary/aromatic N) is 3. The first kappa shape index (κ1) is 10.2. The number of nitro groups is 1. The lowest BCUT2D eigenvalue weighted by molar-refractivity contribution is -0.401. The van der Waals surface area contributed by atoms with E-state index in [0.717, 1.165) is 12.8 Å². The molecule has 0 saturated heterocycles. The first-order valence-electron chi connectivity index (χ1n) is 5.08. The van der Waals surface area contributed by atoms with Crippen LogP contribution in [-0.2, 0) is 0 Å². The van der Waals surface area contributed by atoms with Crippen LogP contribution in [0.2, 0.25) is 0 Å². The summed E-state index contributed by atoms with van der Waals surface area (Å²) in [5, 5.41) is 17.3. The van der Waals surface area contributed by atoms with E-state index in [9.17, 15) is 10.1 Å². The number of furan rings is 1. The highest BCUT2D eigenvalue weighted by Crippen LogP contribution is 2.38. The summed E-state index contributed by atoms with van der Waals surface area (Å²) in [6, 6.07) is 3.17. The SMILES string of the molecule is O=[N+]([O-])c1ccc(-c2n[nH]c(=S)n2C2CC2)o1. The molecule has 8 heteroatoms. The van der Waals surface area contributed by atoms with Crippen LogP contribution in [0.1, 0.15) is 18.9 Å². The van der Waals surface area contributed by atoms with Gasteiger partial charge in [-0.25, -0.2) is 0 Å². The van der Waals surface area contributed by atoms with Crippen molar-refractivity contribution in [3.05, 3.63) is 27.0 Å². The van der Waals surface area contributed by atoms with Gasteiger partial charge in [-0.05, 0) is 31.1 Å². The van der Waals surface area contributed by atoms with Crippen LogP contribution < -0.4 is 0 Å². The highest BCUT2D eigenvalue weighted by molar-refractivity contribution is 7.71. The van der Waals surface area contributed by atoms with Gasteiger partial charge in [0.1, 0.15) is 4.92 Å². The van der Waals surface area contributed by atoms with E-state index >= 15 is 0 Å². The van der Waals surface area contributed by atoms with E-state index in [2.05, 4.69) is 10.2 Å². The molecule has 1 fully saturated rings. The van der Waals surface area contributed by atoms with Gasteiger partial charge < -0.3 is 4.42 Å². The summed E-state index contributed by atoms with van der Waals surface area (Å²) >= 11 is 5.12. The summed E-state index contributed by atoms with van der Waals surface area (Å²) in [4.78, 5) is 9.96. The molecule has 0 bridgehead atoms. The summed E-state index contributed by atoms with van der Waals surface area (Å²) in [6.07, 6.45) is 2.09. The van der Waals surface area contributed by atoms with Gasteiger partial charge in [-0.3, -0.25) is 19.8 Å². The Balaban J connectivity index is 2.08. The summed E-state index contributed by atoms with van der Waals surface area (Å²) in [6.45, 7) is 0. The Morgan fingerprint density at radius 2 is 2.35 bits per heavy atom. The number of aromatic nitrogens is 3. The number of rotatable bonds is 3. The maximum absolute atomic E-state index is 10.5. The van der Waals surface area contributed by atoms with Crippen molar-refractivity contribution in [3.63, 3.8) is 0 Å².